The van der Waals surface area contributed by atoms with Gasteiger partial charge in [-0.25, -0.2) is 0 Å². The van der Waals surface area contributed by atoms with Gasteiger partial charge in [0.2, 0.25) is 0 Å². The first-order valence-corrected chi connectivity index (χ1v) is 9.49. The molecule has 25 heavy (non-hydrogen) atoms. The average Bonchev–Trinajstić information content (AvgIpc) is 3.21. The molecule has 1 fully saturated rings. The Kier molecular flexibility index (Phi) is 4.10. The molecule has 3 N–H and O–H groups in total. The number of hydrogen-bond donors (Lipinski definition) is 2. The lowest BCUT2D eigenvalue weighted by Gasteiger charge is -2.42. The number of benzene rings is 1. The first kappa shape index (κ1) is 16.6. The summed E-state index contributed by atoms with van der Waals surface area (Å²) in [5.74, 6) is 0.00627. The lowest BCUT2D eigenvalue weighted by molar-refractivity contribution is 0.0264. The van der Waals surface area contributed by atoms with Gasteiger partial charge in [-0.05, 0) is 41.9 Å². The minimum absolute atomic E-state index is 0.00627. The minimum atomic E-state index is -0.599. The van der Waals surface area contributed by atoms with Crippen LogP contribution < -0.4 is 5.73 Å². The number of nitrogens with two attached hydrogens (primary N) is 1. The second kappa shape index (κ2) is 6.16. The van der Waals surface area contributed by atoms with E-state index < -0.39 is 6.10 Å². The molecule has 7 heteroatoms. The molecule has 1 aromatic heterocycles. The Morgan fingerprint density at radius 2 is 2.12 bits per heavy atom. The predicted molar refractivity (Wildman–Crippen MR) is 95.5 cm³/mol. The normalized spacial score (nSPS) is 24.5. The summed E-state index contributed by atoms with van der Waals surface area (Å²) in [6, 6.07) is 7.69. The molecule has 0 saturated carbocycles. The van der Waals surface area contributed by atoms with Crippen LogP contribution in [0.4, 0.5) is 0 Å². The van der Waals surface area contributed by atoms with Gasteiger partial charge in [0.05, 0.1) is 17.8 Å². The molecule has 0 bridgehead atoms. The fourth-order valence-electron chi connectivity index (χ4n) is 4.33. The molecule has 2 heterocycles. The van der Waals surface area contributed by atoms with Gasteiger partial charge in [0.15, 0.2) is 0 Å². The van der Waals surface area contributed by atoms with Crippen LogP contribution in [0.25, 0.3) is 0 Å². The highest BCUT2D eigenvalue weighted by Crippen LogP contribution is 2.50. The zero-order valence-corrected chi connectivity index (χ0v) is 15.0. The number of aryl methyl sites for hydroxylation is 1. The smallest absolute Gasteiger partial charge is 0.267 e. The third-order valence-corrected chi connectivity index (χ3v) is 6.55. The fraction of sp³-hybridized carbons (Fsp3) is 0.500. The summed E-state index contributed by atoms with van der Waals surface area (Å²) in [5.41, 5.74) is 8.87. The van der Waals surface area contributed by atoms with Gasteiger partial charge in [-0.15, -0.1) is 5.10 Å². The highest BCUT2D eigenvalue weighted by Gasteiger charge is 2.51. The van der Waals surface area contributed by atoms with E-state index in [1.807, 2.05) is 30.0 Å². The van der Waals surface area contributed by atoms with Gasteiger partial charge in [-0.3, -0.25) is 4.79 Å². The molecule has 6 nitrogen and oxygen atoms in total. The van der Waals surface area contributed by atoms with Gasteiger partial charge in [0, 0.05) is 18.5 Å². The predicted octanol–water partition coefficient (Wildman–Crippen LogP) is 1.65. The van der Waals surface area contributed by atoms with Crippen molar-refractivity contribution in [2.45, 2.75) is 43.7 Å². The van der Waals surface area contributed by atoms with Gasteiger partial charge < -0.3 is 15.7 Å². The van der Waals surface area contributed by atoms with E-state index in [-0.39, 0.29) is 17.4 Å². The number of fused-ring (bicyclic) bond motifs is 2. The van der Waals surface area contributed by atoms with Crippen LogP contribution in [0.3, 0.4) is 0 Å². The van der Waals surface area contributed by atoms with Crippen LogP contribution in [0.1, 0.15) is 52.3 Å². The van der Waals surface area contributed by atoms with E-state index >= 15 is 0 Å². The molecule has 2 atom stereocenters. The maximum Gasteiger partial charge on any atom is 0.267 e. The third kappa shape index (κ3) is 2.41. The van der Waals surface area contributed by atoms with Crippen LogP contribution in [0.5, 0.6) is 0 Å². The van der Waals surface area contributed by atoms with Crippen molar-refractivity contribution in [1.29, 1.82) is 0 Å². The summed E-state index contributed by atoms with van der Waals surface area (Å²) in [4.78, 5) is 15.3. The van der Waals surface area contributed by atoms with Crippen molar-refractivity contribution in [3.8, 4) is 0 Å². The summed E-state index contributed by atoms with van der Waals surface area (Å²) in [6.45, 7) is 3.20. The van der Waals surface area contributed by atoms with Crippen LogP contribution in [-0.4, -0.2) is 44.7 Å². The number of aliphatic hydroxyl groups excluding tert-OH is 1. The van der Waals surface area contributed by atoms with Crippen LogP contribution in [0.2, 0.25) is 0 Å². The highest BCUT2D eigenvalue weighted by atomic mass is 32.1. The van der Waals surface area contributed by atoms with E-state index in [2.05, 4.69) is 15.7 Å². The molecule has 1 amide bonds. The third-order valence-electron chi connectivity index (χ3n) is 5.79. The molecular weight excluding hydrogens is 336 g/mol. The second-order valence-electron chi connectivity index (χ2n) is 6.91. The SMILES string of the molecule is CCc1nnsc1C(=O)N1CCC2(CC1)c1ccccc1[C@@H](N)[C@@H]2O. The highest BCUT2D eigenvalue weighted by molar-refractivity contribution is 7.08. The summed E-state index contributed by atoms with van der Waals surface area (Å²) >= 11 is 1.17. The maximum absolute atomic E-state index is 12.8. The molecule has 1 aromatic carbocycles. The number of amides is 1. The van der Waals surface area contributed by atoms with Crippen molar-refractivity contribution in [2.75, 3.05) is 13.1 Å². The Bertz CT molecular complexity index is 798. The van der Waals surface area contributed by atoms with Gasteiger partial charge in [-0.1, -0.05) is 35.7 Å². The molecule has 1 spiro atoms. The topological polar surface area (TPSA) is 92.3 Å². The number of piperidine rings is 1. The summed E-state index contributed by atoms with van der Waals surface area (Å²) in [5, 5.41) is 14.9. The summed E-state index contributed by atoms with van der Waals surface area (Å²) in [7, 11) is 0. The zero-order chi connectivity index (χ0) is 17.6. The molecule has 1 aliphatic heterocycles. The lowest BCUT2D eigenvalue weighted by Crippen LogP contribution is -2.50. The van der Waals surface area contributed by atoms with Crippen LogP contribution >= 0.6 is 11.5 Å². The van der Waals surface area contributed by atoms with Crippen molar-refractivity contribution in [3.05, 3.63) is 46.0 Å². The quantitative estimate of drug-likeness (QED) is 0.851. The van der Waals surface area contributed by atoms with Crippen LogP contribution in [0.15, 0.2) is 24.3 Å². The maximum atomic E-state index is 12.8. The average molecular weight is 358 g/mol. The summed E-state index contributed by atoms with van der Waals surface area (Å²) in [6.07, 6.45) is 1.55. The molecule has 132 valence electrons. The Morgan fingerprint density at radius 1 is 1.40 bits per heavy atom. The Labute approximate surface area is 150 Å². The van der Waals surface area contributed by atoms with E-state index in [0.29, 0.717) is 24.4 Å². The number of nitrogens with zero attached hydrogens (tertiary/aromatic N) is 3. The first-order chi connectivity index (χ1) is 12.1. The Balaban J connectivity index is 1.57. The van der Waals surface area contributed by atoms with Gasteiger partial charge in [-0.2, -0.15) is 0 Å². The molecular formula is C18H22N4O2S. The van der Waals surface area contributed by atoms with E-state index in [4.69, 9.17) is 5.73 Å². The van der Waals surface area contributed by atoms with Gasteiger partial charge >= 0.3 is 0 Å². The minimum Gasteiger partial charge on any atom is -0.390 e. The summed E-state index contributed by atoms with van der Waals surface area (Å²) < 4.78 is 3.92. The number of aliphatic hydroxyl groups is 1. The number of rotatable bonds is 2. The van der Waals surface area contributed by atoms with Crippen molar-refractivity contribution in [1.82, 2.24) is 14.5 Å². The lowest BCUT2D eigenvalue weighted by atomic mass is 9.72. The standard InChI is InChI=1S/C18H22N4O2S/c1-2-13-15(25-21-20-13)17(24)22-9-7-18(8-10-22)12-6-4-3-5-11(12)14(19)16(18)23/h3-6,14,16,23H,2,7-10,19H2,1H3/t14-,16+/m1/s1. The van der Waals surface area contributed by atoms with Crippen LogP contribution in [-0.2, 0) is 11.8 Å². The van der Waals surface area contributed by atoms with E-state index in [1.54, 1.807) is 0 Å². The van der Waals surface area contributed by atoms with Crippen LogP contribution in [0, 0.1) is 0 Å². The molecule has 1 aliphatic carbocycles. The van der Waals surface area contributed by atoms with Crippen molar-refractivity contribution in [3.63, 3.8) is 0 Å². The molecule has 0 radical (unpaired) electrons. The van der Waals surface area contributed by atoms with E-state index in [0.717, 1.165) is 29.7 Å². The Morgan fingerprint density at radius 3 is 2.84 bits per heavy atom. The van der Waals surface area contributed by atoms with Gasteiger partial charge in [0.25, 0.3) is 5.91 Å². The fourth-order valence-corrected chi connectivity index (χ4v) is 5.05. The van der Waals surface area contributed by atoms with Gasteiger partial charge in [0.1, 0.15) is 4.88 Å². The number of aromatic nitrogens is 2. The largest absolute Gasteiger partial charge is 0.390 e. The monoisotopic (exact) mass is 358 g/mol. The number of likely N-dealkylation sites (tertiary alicyclic amines) is 1. The molecule has 0 unspecified atom stereocenters. The first-order valence-electron chi connectivity index (χ1n) is 8.72. The molecule has 4 rings (SSSR count). The number of carbonyl (C=O) groups excluding carboxylic acids is 1. The number of hydrogen-bond acceptors (Lipinski definition) is 6. The van der Waals surface area contributed by atoms with Crippen molar-refractivity contribution in [2.24, 2.45) is 5.73 Å². The molecule has 2 aliphatic rings. The number of carbonyl (C=O) groups is 1. The van der Waals surface area contributed by atoms with Crippen molar-refractivity contribution >= 4 is 17.4 Å². The molecule has 2 aromatic rings. The Hall–Kier alpha value is -1.83. The second-order valence-corrected chi connectivity index (χ2v) is 7.66. The molecule has 1 saturated heterocycles. The zero-order valence-electron chi connectivity index (χ0n) is 14.2. The van der Waals surface area contributed by atoms with E-state index in [9.17, 15) is 9.90 Å². The van der Waals surface area contributed by atoms with E-state index in [1.165, 1.54) is 11.5 Å². The van der Waals surface area contributed by atoms with Crippen molar-refractivity contribution < 1.29 is 9.90 Å².